The van der Waals surface area contributed by atoms with Crippen molar-refractivity contribution in [2.45, 2.75) is 46.2 Å². The fourth-order valence-corrected chi connectivity index (χ4v) is 2.72. The third kappa shape index (κ3) is 2.79. The minimum absolute atomic E-state index is 0.0382. The molecule has 0 radical (unpaired) electrons. The fraction of sp³-hybridized carbons (Fsp3) is 0.538. The zero-order valence-electron chi connectivity index (χ0n) is 11.2. The summed E-state index contributed by atoms with van der Waals surface area (Å²) < 4.78 is 0. The molecule has 0 saturated carbocycles. The van der Waals surface area contributed by atoms with Crippen molar-refractivity contribution in [2.24, 2.45) is 0 Å². The molecule has 4 nitrogen and oxygen atoms in total. The quantitative estimate of drug-likeness (QED) is 0.893. The van der Waals surface area contributed by atoms with Gasteiger partial charge in [-0.3, -0.25) is 4.79 Å². The fourth-order valence-electron chi connectivity index (χ4n) is 1.66. The Labute approximate surface area is 110 Å². The third-order valence-corrected chi connectivity index (χ3v) is 4.05. The lowest BCUT2D eigenvalue weighted by Crippen LogP contribution is -2.24. The Bertz CT molecular complexity index is 598. The molecule has 0 unspecified atom stereocenters. The van der Waals surface area contributed by atoms with Crippen molar-refractivity contribution < 1.29 is 0 Å². The molecular weight excluding hydrogens is 246 g/mol. The maximum Gasteiger partial charge on any atom is 0.259 e. The number of hydrogen-bond donors (Lipinski definition) is 2. The zero-order valence-corrected chi connectivity index (χ0v) is 12.0. The molecule has 2 rings (SSSR count). The van der Waals surface area contributed by atoms with Crippen LogP contribution in [0.5, 0.6) is 0 Å². The van der Waals surface area contributed by atoms with E-state index in [4.69, 9.17) is 0 Å². The summed E-state index contributed by atoms with van der Waals surface area (Å²) in [6.07, 6.45) is 0. The zero-order chi connectivity index (χ0) is 13.3. The molecule has 0 aliphatic carbocycles. The highest BCUT2D eigenvalue weighted by atomic mass is 32.1. The molecule has 0 bridgehead atoms. The van der Waals surface area contributed by atoms with Crippen molar-refractivity contribution in [2.75, 3.05) is 0 Å². The van der Waals surface area contributed by atoms with E-state index >= 15 is 0 Å². The molecule has 98 valence electrons. The minimum atomic E-state index is -0.0382. The van der Waals surface area contributed by atoms with Crippen molar-refractivity contribution in [1.82, 2.24) is 15.3 Å². The van der Waals surface area contributed by atoms with Crippen LogP contribution in [0, 0.1) is 0 Å². The van der Waals surface area contributed by atoms with Gasteiger partial charge in [-0.25, -0.2) is 4.98 Å². The first kappa shape index (κ1) is 13.2. The van der Waals surface area contributed by atoms with E-state index in [-0.39, 0.29) is 5.56 Å². The molecule has 0 aliphatic rings. The van der Waals surface area contributed by atoms with E-state index < -0.39 is 0 Å². The van der Waals surface area contributed by atoms with Crippen molar-refractivity contribution in [3.05, 3.63) is 27.1 Å². The highest BCUT2D eigenvalue weighted by Gasteiger charge is 2.10. The summed E-state index contributed by atoms with van der Waals surface area (Å²) in [5.74, 6) is 1.14. The Kier molecular flexibility index (Phi) is 3.82. The monoisotopic (exact) mass is 265 g/mol. The number of aromatic amines is 1. The molecule has 5 heteroatoms. The van der Waals surface area contributed by atoms with E-state index in [9.17, 15) is 4.79 Å². The lowest BCUT2D eigenvalue weighted by molar-refractivity contribution is 0.573. The molecule has 18 heavy (non-hydrogen) atoms. The van der Waals surface area contributed by atoms with Crippen LogP contribution in [0.25, 0.3) is 10.2 Å². The molecular formula is C13H19N3OS. The topological polar surface area (TPSA) is 57.8 Å². The minimum Gasteiger partial charge on any atom is -0.309 e. The van der Waals surface area contributed by atoms with Gasteiger partial charge in [0.2, 0.25) is 0 Å². The second kappa shape index (κ2) is 5.20. The Balaban J connectivity index is 2.39. The van der Waals surface area contributed by atoms with Crippen molar-refractivity contribution >= 4 is 21.6 Å². The third-order valence-electron chi connectivity index (χ3n) is 2.72. The predicted molar refractivity (Wildman–Crippen MR) is 76.3 cm³/mol. The van der Waals surface area contributed by atoms with Gasteiger partial charge in [0.25, 0.3) is 5.56 Å². The maximum atomic E-state index is 12.0. The molecule has 0 atom stereocenters. The second-order valence-electron chi connectivity index (χ2n) is 5.07. The first-order valence-electron chi connectivity index (χ1n) is 6.23. The van der Waals surface area contributed by atoms with Crippen LogP contribution in [0.1, 0.15) is 44.3 Å². The van der Waals surface area contributed by atoms with Gasteiger partial charge < -0.3 is 10.3 Å². The van der Waals surface area contributed by atoms with E-state index in [1.165, 1.54) is 4.88 Å². The molecule has 2 aromatic rings. The SMILES string of the molecule is CC(C)NCc1nc2sc(C(C)C)cc2c(=O)[nH]1. The summed E-state index contributed by atoms with van der Waals surface area (Å²) in [5.41, 5.74) is -0.0382. The highest BCUT2D eigenvalue weighted by Crippen LogP contribution is 2.27. The molecule has 0 aliphatic heterocycles. The average Bonchev–Trinajstić information content (AvgIpc) is 2.71. The van der Waals surface area contributed by atoms with Gasteiger partial charge in [0, 0.05) is 10.9 Å². The summed E-state index contributed by atoms with van der Waals surface area (Å²) >= 11 is 1.61. The number of H-pyrrole nitrogens is 1. The van der Waals surface area contributed by atoms with E-state index in [0.717, 1.165) is 4.83 Å². The number of rotatable bonds is 4. The van der Waals surface area contributed by atoms with Crippen LogP contribution in [0.4, 0.5) is 0 Å². The molecule has 0 saturated heterocycles. The molecule has 2 heterocycles. The summed E-state index contributed by atoms with van der Waals surface area (Å²) in [5, 5.41) is 3.96. The second-order valence-corrected chi connectivity index (χ2v) is 6.13. The lowest BCUT2D eigenvalue weighted by Gasteiger charge is -2.06. The standard InChI is InChI=1S/C13H19N3OS/c1-7(2)10-5-9-12(17)15-11(6-14-8(3)4)16-13(9)18-10/h5,7-8,14H,6H2,1-4H3,(H,15,16,17). The van der Waals surface area contributed by atoms with Crippen LogP contribution >= 0.6 is 11.3 Å². The van der Waals surface area contributed by atoms with E-state index in [0.29, 0.717) is 29.7 Å². The largest absolute Gasteiger partial charge is 0.309 e. The van der Waals surface area contributed by atoms with Crippen molar-refractivity contribution in [1.29, 1.82) is 0 Å². The van der Waals surface area contributed by atoms with Gasteiger partial charge in [-0.15, -0.1) is 11.3 Å². The van der Waals surface area contributed by atoms with Crippen molar-refractivity contribution in [3.63, 3.8) is 0 Å². The Morgan fingerprint density at radius 2 is 2.11 bits per heavy atom. The van der Waals surface area contributed by atoms with Gasteiger partial charge >= 0.3 is 0 Å². The van der Waals surface area contributed by atoms with Gasteiger partial charge in [-0.1, -0.05) is 27.7 Å². The summed E-state index contributed by atoms with van der Waals surface area (Å²) in [6, 6.07) is 2.33. The number of aromatic nitrogens is 2. The number of nitrogens with zero attached hydrogens (tertiary/aromatic N) is 1. The first-order chi connectivity index (χ1) is 8.47. The Morgan fingerprint density at radius 3 is 2.72 bits per heavy atom. The maximum absolute atomic E-state index is 12.0. The first-order valence-corrected chi connectivity index (χ1v) is 7.05. The molecule has 0 amide bonds. The van der Waals surface area contributed by atoms with E-state index in [1.807, 2.05) is 6.07 Å². The normalized spacial score (nSPS) is 11.9. The van der Waals surface area contributed by atoms with Gasteiger partial charge in [0.15, 0.2) is 0 Å². The smallest absolute Gasteiger partial charge is 0.259 e. The van der Waals surface area contributed by atoms with Crippen LogP contribution < -0.4 is 10.9 Å². The van der Waals surface area contributed by atoms with Gasteiger partial charge in [-0.05, 0) is 12.0 Å². The number of thiophene rings is 1. The van der Waals surface area contributed by atoms with Crippen LogP contribution in [0.3, 0.4) is 0 Å². The Morgan fingerprint density at radius 1 is 1.39 bits per heavy atom. The average molecular weight is 265 g/mol. The van der Waals surface area contributed by atoms with Gasteiger partial charge in [0.05, 0.1) is 11.9 Å². The molecule has 2 aromatic heterocycles. The number of nitrogens with one attached hydrogen (secondary N) is 2. The Hall–Kier alpha value is -1.20. The van der Waals surface area contributed by atoms with Crippen LogP contribution in [-0.4, -0.2) is 16.0 Å². The lowest BCUT2D eigenvalue weighted by atomic mass is 10.2. The van der Waals surface area contributed by atoms with Crippen LogP contribution in [-0.2, 0) is 6.54 Å². The highest BCUT2D eigenvalue weighted by molar-refractivity contribution is 7.18. The molecule has 2 N–H and O–H groups in total. The van der Waals surface area contributed by atoms with Gasteiger partial charge in [0.1, 0.15) is 10.7 Å². The van der Waals surface area contributed by atoms with E-state index in [1.54, 1.807) is 11.3 Å². The van der Waals surface area contributed by atoms with Gasteiger partial charge in [-0.2, -0.15) is 0 Å². The number of hydrogen-bond acceptors (Lipinski definition) is 4. The van der Waals surface area contributed by atoms with E-state index in [2.05, 4.69) is 43.0 Å². The molecule has 0 fully saturated rings. The summed E-state index contributed by atoms with van der Waals surface area (Å²) in [7, 11) is 0. The number of fused-ring (bicyclic) bond motifs is 1. The predicted octanol–water partition coefficient (Wildman–Crippen LogP) is 2.61. The van der Waals surface area contributed by atoms with Crippen LogP contribution in [0.2, 0.25) is 0 Å². The van der Waals surface area contributed by atoms with Crippen molar-refractivity contribution in [3.8, 4) is 0 Å². The summed E-state index contributed by atoms with van der Waals surface area (Å²) in [6.45, 7) is 8.98. The van der Waals surface area contributed by atoms with Crippen LogP contribution in [0.15, 0.2) is 10.9 Å². The summed E-state index contributed by atoms with van der Waals surface area (Å²) in [4.78, 5) is 21.4. The molecule has 0 aromatic carbocycles. The molecule has 0 spiro atoms.